The van der Waals surface area contributed by atoms with E-state index in [1.807, 2.05) is 0 Å². The average Bonchev–Trinajstić information content (AvgIpc) is 2.55. The van der Waals surface area contributed by atoms with Crippen LogP contribution in [0.1, 0.15) is 0 Å². The highest BCUT2D eigenvalue weighted by Crippen LogP contribution is 2.33. The molecule has 8 heteroatoms. The van der Waals surface area contributed by atoms with Gasteiger partial charge in [-0.2, -0.15) is 0 Å². The maximum Gasteiger partial charge on any atom is 0.242 e. The number of amides is 1. The van der Waals surface area contributed by atoms with Crippen molar-refractivity contribution in [1.82, 2.24) is 4.31 Å². The summed E-state index contributed by atoms with van der Waals surface area (Å²) in [7, 11) is 0.684. The molecule has 0 aliphatic carbocycles. The number of ether oxygens (including phenoxy) is 1. The molecule has 0 saturated heterocycles. The summed E-state index contributed by atoms with van der Waals surface area (Å²) in [6, 6.07) is 12.1. The predicted octanol–water partition coefficient (Wildman–Crippen LogP) is 1.43. The molecule has 0 heterocycles. The molecular formula is C16H17N2O5S-. The quantitative estimate of drug-likeness (QED) is 0.814. The lowest BCUT2D eigenvalue weighted by molar-refractivity contribution is -0.245. The molecule has 0 bridgehead atoms. The van der Waals surface area contributed by atoms with Crippen molar-refractivity contribution < 1.29 is 23.1 Å². The van der Waals surface area contributed by atoms with E-state index in [9.17, 15) is 18.3 Å². The monoisotopic (exact) mass is 349 g/mol. The van der Waals surface area contributed by atoms with Crippen LogP contribution in [0.3, 0.4) is 0 Å². The zero-order valence-corrected chi connectivity index (χ0v) is 14.3. The van der Waals surface area contributed by atoms with E-state index >= 15 is 0 Å². The van der Waals surface area contributed by atoms with Gasteiger partial charge in [-0.15, -0.1) is 0 Å². The third kappa shape index (κ3) is 3.34. The molecular weight excluding hydrogens is 332 g/mol. The molecule has 0 radical (unpaired) electrons. The summed E-state index contributed by atoms with van der Waals surface area (Å²) in [5, 5.41) is 11.6. The highest BCUT2D eigenvalue weighted by molar-refractivity contribution is 7.89. The summed E-state index contributed by atoms with van der Waals surface area (Å²) in [4.78, 5) is 12.6. The third-order valence-corrected chi connectivity index (χ3v) is 5.21. The van der Waals surface area contributed by atoms with Gasteiger partial charge in [0.25, 0.3) is 0 Å². The fourth-order valence-electron chi connectivity index (χ4n) is 2.14. The summed E-state index contributed by atoms with van der Waals surface area (Å²) in [6.45, 7) is 0. The van der Waals surface area contributed by atoms with E-state index in [0.29, 0.717) is 5.75 Å². The number of hydrogen-bond acceptors (Lipinski definition) is 5. The SMILES string of the molecule is COc1ccccc1N(C(=O)[O-])c1ccc(S(=O)(=O)N(C)C)cc1. The maximum atomic E-state index is 12.1. The number of methoxy groups -OCH3 is 1. The van der Waals surface area contributed by atoms with Crippen LogP contribution in [0.5, 0.6) is 5.75 Å². The molecule has 0 N–H and O–H groups in total. The van der Waals surface area contributed by atoms with E-state index in [2.05, 4.69) is 0 Å². The van der Waals surface area contributed by atoms with E-state index < -0.39 is 16.1 Å². The van der Waals surface area contributed by atoms with Gasteiger partial charge in [-0.1, -0.05) is 12.1 Å². The van der Waals surface area contributed by atoms with Gasteiger partial charge in [0.05, 0.1) is 17.7 Å². The minimum absolute atomic E-state index is 0.0644. The van der Waals surface area contributed by atoms with Crippen LogP contribution in [0.15, 0.2) is 53.4 Å². The van der Waals surface area contributed by atoms with Gasteiger partial charge in [0.15, 0.2) is 0 Å². The second-order valence-corrected chi connectivity index (χ2v) is 7.21. The van der Waals surface area contributed by atoms with Crippen LogP contribution in [-0.2, 0) is 10.0 Å². The second kappa shape index (κ2) is 6.90. The molecule has 2 aromatic rings. The molecule has 0 aromatic heterocycles. The van der Waals surface area contributed by atoms with Crippen LogP contribution in [0.2, 0.25) is 0 Å². The van der Waals surface area contributed by atoms with Gasteiger partial charge in [-0.3, -0.25) is 4.90 Å². The van der Waals surface area contributed by atoms with Crippen LogP contribution in [0.4, 0.5) is 16.2 Å². The molecule has 0 atom stereocenters. The fraction of sp³-hybridized carbons (Fsp3) is 0.188. The molecule has 0 aliphatic rings. The van der Waals surface area contributed by atoms with Gasteiger partial charge in [0, 0.05) is 19.8 Å². The number of carbonyl (C=O) groups excluding carboxylic acids is 1. The molecule has 0 aliphatic heterocycles. The first-order valence-electron chi connectivity index (χ1n) is 6.95. The summed E-state index contributed by atoms with van der Waals surface area (Å²) >= 11 is 0. The highest BCUT2D eigenvalue weighted by Gasteiger charge is 2.19. The van der Waals surface area contributed by atoms with Crippen molar-refractivity contribution in [2.75, 3.05) is 26.1 Å². The van der Waals surface area contributed by atoms with Crippen LogP contribution >= 0.6 is 0 Å². The van der Waals surface area contributed by atoms with Gasteiger partial charge < -0.3 is 14.6 Å². The predicted molar refractivity (Wildman–Crippen MR) is 87.8 cm³/mol. The fourth-order valence-corrected chi connectivity index (χ4v) is 3.04. The van der Waals surface area contributed by atoms with Gasteiger partial charge in [0.1, 0.15) is 11.8 Å². The molecule has 128 valence electrons. The van der Waals surface area contributed by atoms with Crippen molar-refractivity contribution in [1.29, 1.82) is 0 Å². The lowest BCUT2D eigenvalue weighted by atomic mass is 10.2. The molecule has 0 unspecified atom stereocenters. The Bertz CT molecular complexity index is 832. The number of carboxylic acid groups (broad SMARTS) is 1. The van der Waals surface area contributed by atoms with Crippen molar-refractivity contribution in [2.45, 2.75) is 4.90 Å². The van der Waals surface area contributed by atoms with Crippen LogP contribution in [-0.4, -0.2) is 40.0 Å². The minimum Gasteiger partial charge on any atom is -0.529 e. The number of hydrogen-bond donors (Lipinski definition) is 0. The topological polar surface area (TPSA) is 90.0 Å². The van der Waals surface area contributed by atoms with Crippen LogP contribution < -0.4 is 14.7 Å². The first kappa shape index (κ1) is 17.8. The van der Waals surface area contributed by atoms with Crippen LogP contribution in [0.25, 0.3) is 0 Å². The first-order chi connectivity index (χ1) is 11.3. The second-order valence-electron chi connectivity index (χ2n) is 5.05. The molecule has 7 nitrogen and oxygen atoms in total. The maximum absolute atomic E-state index is 12.1. The third-order valence-electron chi connectivity index (χ3n) is 3.38. The summed E-state index contributed by atoms with van der Waals surface area (Å²) in [5.74, 6) is 0.353. The zero-order chi connectivity index (χ0) is 17.9. The van der Waals surface area contributed by atoms with E-state index in [-0.39, 0.29) is 16.3 Å². The van der Waals surface area contributed by atoms with Crippen molar-refractivity contribution in [3.63, 3.8) is 0 Å². The number of rotatable bonds is 5. The Kier molecular flexibility index (Phi) is 5.10. The Labute approximate surface area is 140 Å². The summed E-state index contributed by atoms with van der Waals surface area (Å²) < 4.78 is 30.4. The number of carbonyl (C=O) groups is 1. The molecule has 24 heavy (non-hydrogen) atoms. The Hall–Kier alpha value is -2.58. The summed E-state index contributed by atoms with van der Waals surface area (Å²) in [5.41, 5.74) is 0.528. The summed E-state index contributed by atoms with van der Waals surface area (Å²) in [6.07, 6.45) is -1.46. The Balaban J connectivity index is 2.49. The van der Waals surface area contributed by atoms with Crippen molar-refractivity contribution in [2.24, 2.45) is 0 Å². The van der Waals surface area contributed by atoms with Gasteiger partial charge in [-0.25, -0.2) is 12.7 Å². The molecule has 2 aromatic carbocycles. The molecule has 0 fully saturated rings. The average molecular weight is 349 g/mol. The number of anilines is 2. The first-order valence-corrected chi connectivity index (χ1v) is 8.39. The van der Waals surface area contributed by atoms with E-state index in [1.165, 1.54) is 45.5 Å². The van der Waals surface area contributed by atoms with Gasteiger partial charge in [0.2, 0.25) is 10.0 Å². The molecule has 1 amide bonds. The minimum atomic E-state index is -3.59. The van der Waals surface area contributed by atoms with E-state index in [4.69, 9.17) is 4.74 Å². The largest absolute Gasteiger partial charge is 0.529 e. The van der Waals surface area contributed by atoms with Crippen molar-refractivity contribution in [3.05, 3.63) is 48.5 Å². The van der Waals surface area contributed by atoms with E-state index in [0.717, 1.165) is 9.21 Å². The molecule has 0 saturated carbocycles. The number of benzene rings is 2. The van der Waals surface area contributed by atoms with E-state index in [1.54, 1.807) is 24.3 Å². The number of para-hydroxylation sites is 2. The lowest BCUT2D eigenvalue weighted by Gasteiger charge is -2.27. The smallest absolute Gasteiger partial charge is 0.242 e. The number of sulfonamides is 1. The van der Waals surface area contributed by atoms with Crippen molar-refractivity contribution in [3.8, 4) is 5.75 Å². The standard InChI is InChI=1S/C16H18N2O5S/c1-17(2)24(21,22)13-10-8-12(9-11-13)18(16(19)20)14-6-4-5-7-15(14)23-3/h4-11H,1-3H3,(H,19,20)/p-1. The van der Waals surface area contributed by atoms with Gasteiger partial charge >= 0.3 is 0 Å². The van der Waals surface area contributed by atoms with Crippen LogP contribution in [0, 0.1) is 0 Å². The molecule has 0 spiro atoms. The Morgan fingerprint density at radius 1 is 1.04 bits per heavy atom. The normalized spacial score (nSPS) is 11.3. The van der Waals surface area contributed by atoms with Crippen molar-refractivity contribution >= 4 is 27.5 Å². The zero-order valence-electron chi connectivity index (χ0n) is 13.5. The molecule has 2 rings (SSSR count). The number of nitrogens with zero attached hydrogens (tertiary/aromatic N) is 2. The van der Waals surface area contributed by atoms with Gasteiger partial charge in [-0.05, 0) is 36.4 Å². The highest BCUT2D eigenvalue weighted by atomic mass is 32.2. The Morgan fingerprint density at radius 3 is 2.12 bits per heavy atom. The Morgan fingerprint density at radius 2 is 1.62 bits per heavy atom. The lowest BCUT2D eigenvalue weighted by Crippen LogP contribution is -2.38.